The molecule has 1 N–H and O–H groups in total. The van der Waals surface area contributed by atoms with Crippen LogP contribution in [0.3, 0.4) is 0 Å². The number of hydrogen-bond donors (Lipinski definition) is 1. The number of aliphatic hydroxyl groups is 1. The van der Waals surface area contributed by atoms with Gasteiger partial charge in [0.05, 0.1) is 18.2 Å². The van der Waals surface area contributed by atoms with Crippen LogP contribution in [-0.4, -0.2) is 84.9 Å². The minimum absolute atomic E-state index is 0.0840. The van der Waals surface area contributed by atoms with Crippen LogP contribution in [0, 0.1) is 11.3 Å². The molecule has 3 aliphatic heterocycles. The van der Waals surface area contributed by atoms with E-state index in [0.29, 0.717) is 66.8 Å². The van der Waals surface area contributed by atoms with E-state index < -0.39 is 6.10 Å². The van der Waals surface area contributed by atoms with Gasteiger partial charge in [-0.25, -0.2) is 0 Å². The molecule has 0 radical (unpaired) electrons. The van der Waals surface area contributed by atoms with Crippen molar-refractivity contribution in [1.29, 1.82) is 5.26 Å². The number of ether oxygens (including phenoxy) is 3. The third-order valence-corrected chi connectivity index (χ3v) is 6.79. The molecule has 178 valence electrons. The predicted octanol–water partition coefficient (Wildman–Crippen LogP) is 2.10. The second kappa shape index (κ2) is 10.0. The van der Waals surface area contributed by atoms with E-state index in [2.05, 4.69) is 15.9 Å². The summed E-state index contributed by atoms with van der Waals surface area (Å²) < 4.78 is 16.9. The monoisotopic (exact) mass is 463 g/mol. The Morgan fingerprint density at radius 2 is 1.79 bits per heavy atom. The highest BCUT2D eigenvalue weighted by Crippen LogP contribution is 2.32. The number of rotatable bonds is 8. The molecule has 8 heteroatoms. The number of piperazine rings is 1. The summed E-state index contributed by atoms with van der Waals surface area (Å²) in [4.78, 5) is 17.5. The third kappa shape index (κ3) is 5.02. The molecule has 3 aliphatic rings. The van der Waals surface area contributed by atoms with E-state index in [-0.39, 0.29) is 12.4 Å². The molecule has 2 saturated heterocycles. The number of nitriles is 1. The van der Waals surface area contributed by atoms with Crippen LogP contribution in [-0.2, 0) is 0 Å². The van der Waals surface area contributed by atoms with Gasteiger partial charge in [-0.15, -0.1) is 0 Å². The molecule has 2 aromatic rings. The highest BCUT2D eigenvalue weighted by molar-refractivity contribution is 5.98. The van der Waals surface area contributed by atoms with E-state index in [1.807, 2.05) is 12.1 Å². The standard InChI is InChI=1S/C26H29N3O5/c27-12-18-1-6-23(7-2-18)34-17-22(30)15-29-20-4-5-21(29)14-28(13-20)16-24(31)19-3-8-25-26(11-19)33-10-9-32-25/h1-3,6-8,11,20-22,30H,4-5,9-10,13-17H2. The van der Waals surface area contributed by atoms with Gasteiger partial charge in [0.15, 0.2) is 17.3 Å². The number of benzene rings is 2. The van der Waals surface area contributed by atoms with Gasteiger partial charge in [0.1, 0.15) is 31.7 Å². The maximum absolute atomic E-state index is 12.9. The van der Waals surface area contributed by atoms with Gasteiger partial charge >= 0.3 is 0 Å². The van der Waals surface area contributed by atoms with Crippen LogP contribution < -0.4 is 14.2 Å². The van der Waals surface area contributed by atoms with Crippen molar-refractivity contribution in [1.82, 2.24) is 9.80 Å². The highest BCUT2D eigenvalue weighted by Gasteiger charge is 2.40. The van der Waals surface area contributed by atoms with Crippen molar-refractivity contribution in [3.05, 3.63) is 53.6 Å². The SMILES string of the molecule is N#Cc1ccc(OCC(O)CN2C3CCC2CN(CC(=O)c2ccc4c(c2)OCCO4)C3)cc1. The number of ketones is 1. The van der Waals surface area contributed by atoms with E-state index in [9.17, 15) is 9.90 Å². The zero-order valence-corrected chi connectivity index (χ0v) is 19.1. The zero-order valence-electron chi connectivity index (χ0n) is 19.1. The molecule has 3 atom stereocenters. The lowest BCUT2D eigenvalue weighted by Gasteiger charge is -2.41. The summed E-state index contributed by atoms with van der Waals surface area (Å²) in [5.74, 6) is 2.06. The maximum atomic E-state index is 12.9. The average Bonchev–Trinajstić information content (AvgIpc) is 3.09. The first-order chi connectivity index (χ1) is 16.6. The zero-order chi connectivity index (χ0) is 23.5. The Labute approximate surface area is 199 Å². The molecule has 8 nitrogen and oxygen atoms in total. The highest BCUT2D eigenvalue weighted by atomic mass is 16.6. The largest absolute Gasteiger partial charge is 0.491 e. The normalized spacial score (nSPS) is 22.7. The number of nitrogens with zero attached hydrogens (tertiary/aromatic N) is 3. The summed E-state index contributed by atoms with van der Waals surface area (Å²) >= 11 is 0. The molecule has 0 spiro atoms. The van der Waals surface area contributed by atoms with Gasteiger partial charge in [-0.2, -0.15) is 5.26 Å². The Balaban J connectivity index is 1.12. The fraction of sp³-hybridized carbons (Fsp3) is 0.462. The molecule has 0 aromatic heterocycles. The van der Waals surface area contributed by atoms with Crippen LogP contribution in [0.4, 0.5) is 0 Å². The Morgan fingerprint density at radius 1 is 1.09 bits per heavy atom. The number of aliphatic hydroxyl groups excluding tert-OH is 1. The van der Waals surface area contributed by atoms with Crippen LogP contribution in [0.1, 0.15) is 28.8 Å². The van der Waals surface area contributed by atoms with Crippen molar-refractivity contribution in [3.63, 3.8) is 0 Å². The molecule has 3 unspecified atom stereocenters. The lowest BCUT2D eigenvalue weighted by Crippen LogP contribution is -2.56. The fourth-order valence-corrected chi connectivity index (χ4v) is 5.13. The van der Waals surface area contributed by atoms with Crippen molar-refractivity contribution in [3.8, 4) is 23.3 Å². The number of likely N-dealkylation sites (tertiary alicyclic amines) is 1. The van der Waals surface area contributed by atoms with Crippen LogP contribution >= 0.6 is 0 Å². The summed E-state index contributed by atoms with van der Waals surface area (Å²) in [5.41, 5.74) is 1.23. The van der Waals surface area contributed by atoms with Crippen molar-refractivity contribution in [2.75, 3.05) is 46.0 Å². The van der Waals surface area contributed by atoms with Gasteiger partial charge in [0.25, 0.3) is 0 Å². The van der Waals surface area contributed by atoms with E-state index in [0.717, 1.165) is 25.9 Å². The average molecular weight is 464 g/mol. The molecule has 0 amide bonds. The van der Waals surface area contributed by atoms with Gasteiger partial charge in [-0.1, -0.05) is 0 Å². The molecular weight excluding hydrogens is 434 g/mol. The Bertz CT molecular complexity index is 1050. The van der Waals surface area contributed by atoms with Crippen molar-refractivity contribution in [2.45, 2.75) is 31.0 Å². The van der Waals surface area contributed by atoms with Crippen LogP contribution in [0.2, 0.25) is 0 Å². The Morgan fingerprint density at radius 3 is 2.50 bits per heavy atom. The number of hydrogen-bond acceptors (Lipinski definition) is 8. The Kier molecular flexibility index (Phi) is 6.68. The first kappa shape index (κ1) is 22.7. The summed E-state index contributed by atoms with van der Waals surface area (Å²) in [6, 6.07) is 15.0. The minimum atomic E-state index is -0.607. The van der Waals surface area contributed by atoms with Gasteiger partial charge in [0.2, 0.25) is 0 Å². The van der Waals surface area contributed by atoms with E-state index in [4.69, 9.17) is 19.5 Å². The number of Topliss-reactive ketones (excluding diaryl/α,β-unsaturated/α-hetero) is 1. The summed E-state index contributed by atoms with van der Waals surface area (Å²) in [7, 11) is 0. The first-order valence-corrected chi connectivity index (χ1v) is 11.8. The van der Waals surface area contributed by atoms with Crippen molar-refractivity contribution >= 4 is 5.78 Å². The number of carbonyl (C=O) groups excluding carboxylic acids is 1. The fourth-order valence-electron chi connectivity index (χ4n) is 5.13. The topological polar surface area (TPSA) is 95.3 Å². The van der Waals surface area contributed by atoms with Crippen molar-refractivity contribution < 1.29 is 24.1 Å². The predicted molar refractivity (Wildman–Crippen MR) is 124 cm³/mol. The molecule has 2 bridgehead atoms. The molecule has 5 rings (SSSR count). The van der Waals surface area contributed by atoms with Gasteiger partial charge in [-0.3, -0.25) is 14.6 Å². The molecule has 3 heterocycles. The molecule has 2 fully saturated rings. The van der Waals surface area contributed by atoms with Crippen molar-refractivity contribution in [2.24, 2.45) is 0 Å². The molecule has 34 heavy (non-hydrogen) atoms. The van der Waals surface area contributed by atoms with Crippen LogP contribution in [0.5, 0.6) is 17.2 Å². The second-order valence-electron chi connectivity index (χ2n) is 9.16. The van der Waals surface area contributed by atoms with Gasteiger partial charge in [0, 0.05) is 37.3 Å². The summed E-state index contributed by atoms with van der Waals surface area (Å²) in [6.07, 6.45) is 1.54. The second-order valence-corrected chi connectivity index (χ2v) is 9.16. The summed E-state index contributed by atoms with van der Waals surface area (Å²) in [6.45, 7) is 3.80. The van der Waals surface area contributed by atoms with Crippen LogP contribution in [0.15, 0.2) is 42.5 Å². The first-order valence-electron chi connectivity index (χ1n) is 11.8. The lowest BCUT2D eigenvalue weighted by molar-refractivity contribution is 0.0119. The number of carbonyl (C=O) groups is 1. The number of fused-ring (bicyclic) bond motifs is 3. The minimum Gasteiger partial charge on any atom is -0.491 e. The van der Waals surface area contributed by atoms with E-state index in [1.165, 1.54) is 0 Å². The van der Waals surface area contributed by atoms with Gasteiger partial charge in [-0.05, 0) is 55.3 Å². The third-order valence-electron chi connectivity index (χ3n) is 6.79. The summed E-state index contributed by atoms with van der Waals surface area (Å²) in [5, 5.41) is 19.5. The maximum Gasteiger partial charge on any atom is 0.176 e. The smallest absolute Gasteiger partial charge is 0.176 e. The van der Waals surface area contributed by atoms with Crippen LogP contribution in [0.25, 0.3) is 0 Å². The molecular formula is C26H29N3O5. The Hall–Kier alpha value is -3.12. The molecule has 0 aliphatic carbocycles. The quantitative estimate of drug-likeness (QED) is 0.595. The molecule has 0 saturated carbocycles. The van der Waals surface area contributed by atoms with E-state index >= 15 is 0 Å². The lowest BCUT2D eigenvalue weighted by atomic mass is 10.1. The molecule has 2 aromatic carbocycles. The van der Waals surface area contributed by atoms with E-state index in [1.54, 1.807) is 30.3 Å². The van der Waals surface area contributed by atoms with Gasteiger partial charge < -0.3 is 19.3 Å².